The maximum atomic E-state index is 14.7. The van der Waals surface area contributed by atoms with Gasteiger partial charge in [-0.25, -0.2) is 12.8 Å². The average molecular weight is 398 g/mol. The number of carbonyl (C=O) groups excluding carboxylic acids is 1. The van der Waals surface area contributed by atoms with Crippen molar-refractivity contribution in [2.45, 2.75) is 18.9 Å². The van der Waals surface area contributed by atoms with E-state index in [0.29, 0.717) is 29.8 Å². The van der Waals surface area contributed by atoms with Crippen molar-refractivity contribution in [1.29, 1.82) is 0 Å². The van der Waals surface area contributed by atoms with Gasteiger partial charge in [0.25, 0.3) is 0 Å². The first kappa shape index (κ1) is 18.4. The maximum Gasteiger partial charge on any atom is 0.229 e. The van der Waals surface area contributed by atoms with E-state index < -0.39 is 15.8 Å². The quantitative estimate of drug-likeness (QED) is 0.666. The van der Waals surface area contributed by atoms with Crippen LogP contribution in [-0.2, 0) is 16.6 Å². The molecule has 5 nitrogen and oxygen atoms in total. The maximum absolute atomic E-state index is 14.7. The number of hydrogen-bond donors (Lipinski definition) is 1. The van der Waals surface area contributed by atoms with Crippen LogP contribution in [0.1, 0.15) is 39.6 Å². The van der Waals surface area contributed by atoms with Crippen molar-refractivity contribution < 1.29 is 17.6 Å². The number of anilines is 1. The van der Waals surface area contributed by atoms with Crippen molar-refractivity contribution in [2.75, 3.05) is 11.0 Å². The number of carbonyl (C=O) groups is 1. The minimum Gasteiger partial charge on any atom is -0.341 e. The zero-order valence-corrected chi connectivity index (χ0v) is 16.0. The summed E-state index contributed by atoms with van der Waals surface area (Å²) < 4.78 is 41.6. The van der Waals surface area contributed by atoms with E-state index in [9.17, 15) is 17.6 Å². The Labute approximate surface area is 162 Å². The van der Waals surface area contributed by atoms with Crippen LogP contribution >= 0.6 is 0 Å². The highest BCUT2D eigenvalue weighted by Crippen LogP contribution is 2.38. The number of hydrogen-bond acceptors (Lipinski definition) is 3. The molecule has 0 bridgehead atoms. The van der Waals surface area contributed by atoms with Crippen LogP contribution in [-0.4, -0.2) is 25.0 Å². The lowest BCUT2D eigenvalue weighted by Crippen LogP contribution is -2.10. The number of nitrogens with one attached hydrogen (secondary N) is 1. The molecule has 0 spiro atoms. The highest BCUT2D eigenvalue weighted by molar-refractivity contribution is 7.92. The van der Waals surface area contributed by atoms with Crippen molar-refractivity contribution in [3.05, 3.63) is 89.0 Å². The van der Waals surface area contributed by atoms with E-state index >= 15 is 0 Å². The SMILES string of the molecule is CS(=O)(=O)Nc1ccc(C2CCn3c(C(=O)c4ccccc4)ccc32)c(F)c1. The monoisotopic (exact) mass is 398 g/mol. The molecule has 144 valence electrons. The van der Waals surface area contributed by atoms with Gasteiger partial charge < -0.3 is 4.57 Å². The van der Waals surface area contributed by atoms with Crippen molar-refractivity contribution in [1.82, 2.24) is 4.57 Å². The number of benzene rings is 2. The highest BCUT2D eigenvalue weighted by atomic mass is 32.2. The minimum absolute atomic E-state index is 0.0549. The lowest BCUT2D eigenvalue weighted by molar-refractivity contribution is 0.103. The Morgan fingerprint density at radius 3 is 2.54 bits per heavy atom. The van der Waals surface area contributed by atoms with Crippen molar-refractivity contribution in [3.63, 3.8) is 0 Å². The van der Waals surface area contributed by atoms with Gasteiger partial charge in [0.1, 0.15) is 5.82 Å². The van der Waals surface area contributed by atoms with Crippen molar-refractivity contribution in [3.8, 4) is 0 Å². The second-order valence-corrected chi connectivity index (χ2v) is 8.69. The van der Waals surface area contributed by atoms with Gasteiger partial charge in [-0.05, 0) is 36.2 Å². The summed E-state index contributed by atoms with van der Waals surface area (Å²) in [4.78, 5) is 12.8. The van der Waals surface area contributed by atoms with Crippen molar-refractivity contribution >= 4 is 21.5 Å². The van der Waals surface area contributed by atoms with Crippen LogP contribution in [0.15, 0.2) is 60.7 Å². The van der Waals surface area contributed by atoms with Gasteiger partial charge in [0.2, 0.25) is 15.8 Å². The van der Waals surface area contributed by atoms with Crippen LogP contribution in [0, 0.1) is 5.82 Å². The average Bonchev–Trinajstić information content (AvgIpc) is 3.23. The van der Waals surface area contributed by atoms with Gasteiger partial charge in [-0.15, -0.1) is 0 Å². The Morgan fingerprint density at radius 2 is 1.86 bits per heavy atom. The molecule has 1 aliphatic heterocycles. The number of nitrogens with zero attached hydrogens (tertiary/aromatic N) is 1. The van der Waals surface area contributed by atoms with Gasteiger partial charge in [0.15, 0.2) is 0 Å². The molecule has 1 atom stereocenters. The fourth-order valence-corrected chi connectivity index (χ4v) is 4.34. The molecule has 7 heteroatoms. The molecule has 0 saturated heterocycles. The highest BCUT2D eigenvalue weighted by Gasteiger charge is 2.30. The first-order chi connectivity index (χ1) is 13.3. The molecule has 1 aromatic heterocycles. The fourth-order valence-electron chi connectivity index (χ4n) is 3.78. The number of ketones is 1. The predicted molar refractivity (Wildman–Crippen MR) is 106 cm³/mol. The molecule has 1 unspecified atom stereocenters. The number of halogens is 1. The number of sulfonamides is 1. The Bertz CT molecular complexity index is 1150. The third-order valence-corrected chi connectivity index (χ3v) is 5.57. The summed E-state index contributed by atoms with van der Waals surface area (Å²) in [6, 6.07) is 17.1. The standard InChI is InChI=1S/C21H19FN2O3S/c1-28(26,27)23-15-7-8-16(18(22)13-15)17-11-12-24-19(17)9-10-20(24)21(25)14-5-3-2-4-6-14/h2-10,13,17,23H,11-12H2,1H3. The first-order valence-electron chi connectivity index (χ1n) is 8.90. The summed E-state index contributed by atoms with van der Waals surface area (Å²) in [6.07, 6.45) is 1.70. The first-order valence-corrected chi connectivity index (χ1v) is 10.8. The molecule has 1 aliphatic rings. The third-order valence-electron chi connectivity index (χ3n) is 4.96. The molecule has 28 heavy (non-hydrogen) atoms. The molecule has 1 N–H and O–H groups in total. The van der Waals surface area contributed by atoms with Gasteiger partial charge in [-0.1, -0.05) is 36.4 Å². The summed E-state index contributed by atoms with van der Waals surface area (Å²) in [7, 11) is -3.47. The Morgan fingerprint density at radius 1 is 1.11 bits per heavy atom. The number of aromatic nitrogens is 1. The smallest absolute Gasteiger partial charge is 0.229 e. The fraction of sp³-hybridized carbons (Fsp3) is 0.190. The van der Waals surface area contributed by atoms with Crippen LogP contribution in [0.25, 0.3) is 0 Å². The summed E-state index contributed by atoms with van der Waals surface area (Å²) >= 11 is 0. The lowest BCUT2D eigenvalue weighted by atomic mass is 9.94. The molecule has 0 fully saturated rings. The zero-order valence-electron chi connectivity index (χ0n) is 15.2. The van der Waals surface area contributed by atoms with E-state index in [1.807, 2.05) is 28.8 Å². The van der Waals surface area contributed by atoms with Gasteiger partial charge in [-0.3, -0.25) is 9.52 Å². The van der Waals surface area contributed by atoms with Crippen molar-refractivity contribution in [2.24, 2.45) is 0 Å². The van der Waals surface area contributed by atoms with Gasteiger partial charge in [0, 0.05) is 23.7 Å². The molecule has 0 amide bonds. The second-order valence-electron chi connectivity index (χ2n) is 6.94. The Balaban J connectivity index is 1.64. The number of rotatable bonds is 5. The third kappa shape index (κ3) is 3.45. The van der Waals surface area contributed by atoms with Gasteiger partial charge in [0.05, 0.1) is 17.6 Å². The van der Waals surface area contributed by atoms with Gasteiger partial charge >= 0.3 is 0 Å². The van der Waals surface area contributed by atoms with Crippen LogP contribution in [0.4, 0.5) is 10.1 Å². The summed E-state index contributed by atoms with van der Waals surface area (Å²) in [5, 5.41) is 0. The minimum atomic E-state index is -3.47. The molecule has 0 saturated carbocycles. The predicted octanol–water partition coefficient (Wildman–Crippen LogP) is 3.77. The summed E-state index contributed by atoms with van der Waals surface area (Å²) in [5.74, 6) is -0.700. The molecular formula is C21H19FN2O3S. The largest absolute Gasteiger partial charge is 0.341 e. The normalized spacial score (nSPS) is 16.0. The molecular weight excluding hydrogens is 379 g/mol. The van der Waals surface area contributed by atoms with Crippen LogP contribution in [0.2, 0.25) is 0 Å². The van der Waals surface area contributed by atoms with Crippen LogP contribution < -0.4 is 4.72 Å². The second kappa shape index (κ2) is 6.91. The van der Waals surface area contributed by atoms with E-state index in [-0.39, 0.29) is 17.4 Å². The molecule has 2 aromatic carbocycles. The van der Waals surface area contributed by atoms with E-state index in [0.717, 1.165) is 11.9 Å². The summed E-state index contributed by atoms with van der Waals surface area (Å²) in [6.45, 7) is 0.629. The molecule has 0 radical (unpaired) electrons. The summed E-state index contributed by atoms with van der Waals surface area (Å²) in [5.41, 5.74) is 2.79. The van der Waals surface area contributed by atoms with E-state index in [1.165, 1.54) is 6.07 Å². The molecule has 3 aromatic rings. The topological polar surface area (TPSA) is 68.2 Å². The van der Waals surface area contributed by atoms with E-state index in [4.69, 9.17) is 0 Å². The number of fused-ring (bicyclic) bond motifs is 1. The van der Waals surface area contributed by atoms with E-state index in [1.54, 1.807) is 30.3 Å². The molecule has 2 heterocycles. The van der Waals surface area contributed by atoms with Crippen LogP contribution in [0.5, 0.6) is 0 Å². The zero-order chi connectivity index (χ0) is 19.9. The van der Waals surface area contributed by atoms with Gasteiger partial charge in [-0.2, -0.15) is 0 Å². The van der Waals surface area contributed by atoms with E-state index in [2.05, 4.69) is 4.72 Å². The van der Waals surface area contributed by atoms with Crippen LogP contribution in [0.3, 0.4) is 0 Å². The molecule has 4 rings (SSSR count). The molecule has 0 aliphatic carbocycles. The Hall–Kier alpha value is -2.93. The Kier molecular flexibility index (Phi) is 4.55. The lowest BCUT2D eigenvalue weighted by Gasteiger charge is -2.13.